The standard InChI is InChI=1S/C21H34N4O2S/c1-3-22-21(25-11-8-18(9-12-25)20(26)27-2)23-14-17-6-4-10-24(15-17)16-19-7-5-13-28-19/h5,7,13,17-18H,3-4,6,8-12,14-16H2,1-2H3,(H,22,23). The van der Waals surface area contributed by atoms with Crippen molar-refractivity contribution in [1.29, 1.82) is 0 Å². The van der Waals surface area contributed by atoms with Crippen molar-refractivity contribution in [2.75, 3.05) is 46.4 Å². The lowest BCUT2D eigenvalue weighted by atomic mass is 9.97. The topological polar surface area (TPSA) is 57.2 Å². The molecule has 0 amide bonds. The molecule has 7 heteroatoms. The molecule has 1 N–H and O–H groups in total. The number of piperidine rings is 2. The van der Waals surface area contributed by atoms with Crippen molar-refractivity contribution in [3.63, 3.8) is 0 Å². The van der Waals surface area contributed by atoms with Crippen LogP contribution in [0.3, 0.4) is 0 Å². The molecule has 1 aromatic rings. The van der Waals surface area contributed by atoms with E-state index in [0.717, 1.165) is 58.1 Å². The molecule has 2 fully saturated rings. The summed E-state index contributed by atoms with van der Waals surface area (Å²) in [5, 5.41) is 5.61. The highest BCUT2D eigenvalue weighted by Crippen LogP contribution is 2.22. The third-order valence-corrected chi connectivity index (χ3v) is 6.59. The number of likely N-dealkylation sites (tertiary alicyclic amines) is 2. The van der Waals surface area contributed by atoms with Gasteiger partial charge in [0.2, 0.25) is 0 Å². The van der Waals surface area contributed by atoms with Crippen molar-refractivity contribution in [2.45, 2.75) is 39.2 Å². The van der Waals surface area contributed by atoms with E-state index >= 15 is 0 Å². The number of thiophene rings is 1. The number of carbonyl (C=O) groups is 1. The van der Waals surface area contributed by atoms with Crippen LogP contribution in [-0.2, 0) is 16.1 Å². The summed E-state index contributed by atoms with van der Waals surface area (Å²) >= 11 is 1.85. The van der Waals surface area contributed by atoms with E-state index in [0.29, 0.717) is 5.92 Å². The predicted molar refractivity (Wildman–Crippen MR) is 115 cm³/mol. The van der Waals surface area contributed by atoms with Crippen LogP contribution < -0.4 is 5.32 Å². The molecule has 3 heterocycles. The number of carbonyl (C=O) groups excluding carboxylic acids is 1. The number of nitrogens with one attached hydrogen (secondary N) is 1. The summed E-state index contributed by atoms with van der Waals surface area (Å²) < 4.78 is 4.90. The van der Waals surface area contributed by atoms with E-state index in [4.69, 9.17) is 9.73 Å². The first-order chi connectivity index (χ1) is 13.7. The van der Waals surface area contributed by atoms with Crippen molar-refractivity contribution in [3.05, 3.63) is 22.4 Å². The Hall–Kier alpha value is -1.60. The first kappa shape index (κ1) is 21.1. The first-order valence-electron chi connectivity index (χ1n) is 10.6. The molecule has 0 aliphatic carbocycles. The van der Waals surface area contributed by atoms with Gasteiger partial charge in [-0.05, 0) is 56.5 Å². The van der Waals surface area contributed by atoms with Gasteiger partial charge < -0.3 is 15.0 Å². The van der Waals surface area contributed by atoms with Crippen LogP contribution in [0.25, 0.3) is 0 Å². The van der Waals surface area contributed by atoms with Crippen molar-refractivity contribution in [2.24, 2.45) is 16.8 Å². The lowest BCUT2D eigenvalue weighted by molar-refractivity contribution is -0.146. The Morgan fingerprint density at radius 1 is 1.32 bits per heavy atom. The SMILES string of the molecule is CCNC(=NCC1CCCN(Cc2cccs2)C1)N1CCC(C(=O)OC)CC1. The number of hydrogen-bond donors (Lipinski definition) is 1. The monoisotopic (exact) mass is 406 g/mol. The Kier molecular flexibility index (Phi) is 8.15. The molecule has 28 heavy (non-hydrogen) atoms. The maximum absolute atomic E-state index is 11.8. The molecule has 0 saturated carbocycles. The molecule has 0 bridgehead atoms. The van der Waals surface area contributed by atoms with Crippen LogP contribution in [0.5, 0.6) is 0 Å². The summed E-state index contributed by atoms with van der Waals surface area (Å²) in [5.41, 5.74) is 0. The second-order valence-electron chi connectivity index (χ2n) is 7.80. The zero-order chi connectivity index (χ0) is 19.8. The van der Waals surface area contributed by atoms with Gasteiger partial charge in [0.1, 0.15) is 0 Å². The van der Waals surface area contributed by atoms with E-state index in [-0.39, 0.29) is 11.9 Å². The minimum Gasteiger partial charge on any atom is -0.469 e. The highest BCUT2D eigenvalue weighted by molar-refractivity contribution is 7.09. The van der Waals surface area contributed by atoms with E-state index in [1.54, 1.807) is 0 Å². The largest absolute Gasteiger partial charge is 0.469 e. The number of esters is 1. The highest BCUT2D eigenvalue weighted by Gasteiger charge is 2.27. The summed E-state index contributed by atoms with van der Waals surface area (Å²) in [6.45, 7) is 8.97. The second kappa shape index (κ2) is 10.8. The summed E-state index contributed by atoms with van der Waals surface area (Å²) in [6, 6.07) is 4.37. The molecule has 1 atom stereocenters. The number of hydrogen-bond acceptors (Lipinski definition) is 5. The van der Waals surface area contributed by atoms with E-state index in [9.17, 15) is 4.79 Å². The minimum absolute atomic E-state index is 0.0354. The molecule has 2 aliphatic rings. The van der Waals surface area contributed by atoms with Crippen LogP contribution in [-0.4, -0.2) is 68.1 Å². The summed E-state index contributed by atoms with van der Waals surface area (Å²) in [5.74, 6) is 1.58. The average molecular weight is 407 g/mol. The predicted octanol–water partition coefficient (Wildman–Crippen LogP) is 2.81. The zero-order valence-corrected chi connectivity index (χ0v) is 18.0. The van der Waals surface area contributed by atoms with E-state index < -0.39 is 0 Å². The van der Waals surface area contributed by atoms with Gasteiger partial charge >= 0.3 is 5.97 Å². The first-order valence-corrected chi connectivity index (χ1v) is 11.4. The molecule has 2 aliphatic heterocycles. The maximum atomic E-state index is 11.8. The van der Waals surface area contributed by atoms with Gasteiger partial charge in [-0.2, -0.15) is 0 Å². The van der Waals surface area contributed by atoms with E-state index in [2.05, 4.69) is 39.6 Å². The molecule has 2 saturated heterocycles. The molecule has 3 rings (SSSR count). The molecule has 0 spiro atoms. The van der Waals surface area contributed by atoms with E-state index in [1.807, 2.05) is 11.3 Å². The molecule has 0 radical (unpaired) electrons. The third kappa shape index (κ3) is 5.95. The lowest BCUT2D eigenvalue weighted by Gasteiger charge is -2.34. The Balaban J connectivity index is 1.51. The fraction of sp³-hybridized carbons (Fsp3) is 0.714. The van der Waals surface area contributed by atoms with Crippen LogP contribution in [0, 0.1) is 11.8 Å². The summed E-state index contributed by atoms with van der Waals surface area (Å²) in [7, 11) is 1.48. The highest BCUT2D eigenvalue weighted by atomic mass is 32.1. The molecule has 0 aromatic carbocycles. The number of rotatable bonds is 6. The van der Waals surface area contributed by atoms with Crippen molar-refractivity contribution < 1.29 is 9.53 Å². The molecular formula is C21H34N4O2S. The minimum atomic E-state index is -0.0744. The maximum Gasteiger partial charge on any atom is 0.308 e. The van der Waals surface area contributed by atoms with Gasteiger partial charge in [0.25, 0.3) is 0 Å². The van der Waals surface area contributed by atoms with Crippen LogP contribution in [0.4, 0.5) is 0 Å². The van der Waals surface area contributed by atoms with Gasteiger partial charge in [-0.25, -0.2) is 0 Å². The van der Waals surface area contributed by atoms with Crippen LogP contribution in [0.2, 0.25) is 0 Å². The number of ether oxygens (including phenoxy) is 1. The molecule has 156 valence electrons. The van der Waals surface area contributed by atoms with E-state index in [1.165, 1.54) is 31.4 Å². The Bertz CT molecular complexity index is 626. The zero-order valence-electron chi connectivity index (χ0n) is 17.2. The lowest BCUT2D eigenvalue weighted by Crippen LogP contribution is -2.47. The fourth-order valence-corrected chi connectivity index (χ4v) is 4.95. The normalized spacial score (nSPS) is 22.3. The smallest absolute Gasteiger partial charge is 0.308 e. The number of aliphatic imine (C=N–C) groups is 1. The van der Waals surface area contributed by atoms with Crippen molar-refractivity contribution >= 4 is 23.3 Å². The summed E-state index contributed by atoms with van der Waals surface area (Å²) in [6.07, 6.45) is 4.20. The average Bonchev–Trinajstić information content (AvgIpc) is 3.24. The molecule has 1 unspecified atom stereocenters. The van der Waals surface area contributed by atoms with Gasteiger partial charge in [0.15, 0.2) is 5.96 Å². The van der Waals surface area contributed by atoms with Crippen molar-refractivity contribution in [1.82, 2.24) is 15.1 Å². The van der Waals surface area contributed by atoms with Crippen LogP contribution in [0.1, 0.15) is 37.5 Å². The fourth-order valence-electron chi connectivity index (χ4n) is 4.20. The van der Waals surface area contributed by atoms with Gasteiger partial charge in [0.05, 0.1) is 13.0 Å². The number of methoxy groups -OCH3 is 1. The number of nitrogens with zero attached hydrogens (tertiary/aromatic N) is 3. The van der Waals surface area contributed by atoms with Gasteiger partial charge in [-0.1, -0.05) is 6.07 Å². The third-order valence-electron chi connectivity index (χ3n) is 5.73. The Labute approximate surface area is 173 Å². The Morgan fingerprint density at radius 3 is 2.82 bits per heavy atom. The van der Waals surface area contributed by atoms with Gasteiger partial charge in [0, 0.05) is 44.1 Å². The van der Waals surface area contributed by atoms with Crippen molar-refractivity contribution in [3.8, 4) is 0 Å². The van der Waals surface area contributed by atoms with Crippen LogP contribution in [0.15, 0.2) is 22.5 Å². The second-order valence-corrected chi connectivity index (χ2v) is 8.83. The van der Waals surface area contributed by atoms with Gasteiger partial charge in [-0.15, -0.1) is 11.3 Å². The molecule has 6 nitrogen and oxygen atoms in total. The summed E-state index contributed by atoms with van der Waals surface area (Å²) in [4.78, 5) is 23.1. The molecular weight excluding hydrogens is 372 g/mol. The van der Waals surface area contributed by atoms with Gasteiger partial charge in [-0.3, -0.25) is 14.7 Å². The Morgan fingerprint density at radius 2 is 2.14 bits per heavy atom. The molecule has 1 aromatic heterocycles. The van der Waals surface area contributed by atoms with Crippen LogP contribution >= 0.6 is 11.3 Å². The quantitative estimate of drug-likeness (QED) is 0.447. The number of guanidine groups is 1.